The van der Waals surface area contributed by atoms with Crippen molar-refractivity contribution in [3.63, 3.8) is 0 Å². The van der Waals surface area contributed by atoms with Crippen LogP contribution in [0.15, 0.2) is 46.0 Å². The zero-order valence-electron chi connectivity index (χ0n) is 15.7. The monoisotopic (exact) mass is 411 g/mol. The lowest BCUT2D eigenvalue weighted by atomic mass is 10.1. The summed E-state index contributed by atoms with van der Waals surface area (Å²) < 4.78 is 2.04. The highest BCUT2D eigenvalue weighted by Crippen LogP contribution is 2.31. The van der Waals surface area contributed by atoms with E-state index >= 15 is 0 Å². The first-order chi connectivity index (χ1) is 13.4. The number of halogens is 1. The molecule has 1 aromatic carbocycles. The third-order valence-electron chi connectivity index (χ3n) is 4.66. The number of hydrogen-bond donors (Lipinski definition) is 1. The van der Waals surface area contributed by atoms with Crippen LogP contribution in [0.5, 0.6) is 0 Å². The second-order valence-corrected chi connectivity index (χ2v) is 7.93. The number of amides is 1. The summed E-state index contributed by atoms with van der Waals surface area (Å²) in [5.41, 5.74) is 3.87. The number of thioether (sulfide) groups is 1. The Kier molecular flexibility index (Phi) is 4.72. The molecule has 0 unspecified atom stereocenters. The zero-order valence-corrected chi connectivity index (χ0v) is 17.2. The molecule has 0 saturated carbocycles. The number of rotatable bonds is 3. The Labute approximate surface area is 172 Å². The molecule has 0 atom stereocenters. The molecule has 142 valence electrons. The summed E-state index contributed by atoms with van der Waals surface area (Å²) in [6.45, 7) is 5.93. The molecular weight excluding hydrogens is 394 g/mol. The molecule has 3 heterocycles. The second-order valence-electron chi connectivity index (χ2n) is 6.48. The number of aromatic nitrogens is 1. The summed E-state index contributed by atoms with van der Waals surface area (Å²) in [6.07, 6.45) is 2.45. The third kappa shape index (κ3) is 3.00. The van der Waals surface area contributed by atoms with Crippen LogP contribution in [0, 0.1) is 19.3 Å². The average molecular weight is 412 g/mol. The van der Waals surface area contributed by atoms with Crippen molar-refractivity contribution in [1.29, 1.82) is 5.41 Å². The van der Waals surface area contributed by atoms with Crippen molar-refractivity contribution in [2.24, 2.45) is 10.1 Å². The van der Waals surface area contributed by atoms with Crippen molar-refractivity contribution in [2.45, 2.75) is 27.2 Å². The van der Waals surface area contributed by atoms with E-state index in [0.717, 1.165) is 34.1 Å². The van der Waals surface area contributed by atoms with Crippen LogP contribution in [-0.4, -0.2) is 31.5 Å². The summed E-state index contributed by atoms with van der Waals surface area (Å²) >= 11 is 7.71. The summed E-state index contributed by atoms with van der Waals surface area (Å²) in [4.78, 5) is 16.7. The van der Waals surface area contributed by atoms with Gasteiger partial charge in [0.1, 0.15) is 5.04 Å². The normalized spacial score (nSPS) is 17.9. The van der Waals surface area contributed by atoms with Crippen molar-refractivity contribution < 1.29 is 4.79 Å². The fourth-order valence-corrected chi connectivity index (χ4v) is 4.31. The minimum atomic E-state index is -0.418. The maximum Gasteiger partial charge on any atom is 0.283 e. The van der Waals surface area contributed by atoms with Crippen molar-refractivity contribution in [3.05, 3.63) is 57.9 Å². The minimum Gasteiger partial charge on any atom is -0.316 e. The number of nitrogens with one attached hydrogen (secondary N) is 1. The molecule has 2 aliphatic heterocycles. The van der Waals surface area contributed by atoms with Crippen molar-refractivity contribution in [3.8, 4) is 5.69 Å². The molecule has 28 heavy (non-hydrogen) atoms. The zero-order chi connectivity index (χ0) is 20.0. The van der Waals surface area contributed by atoms with E-state index in [4.69, 9.17) is 17.0 Å². The summed E-state index contributed by atoms with van der Waals surface area (Å²) in [7, 11) is 0. The molecule has 1 aromatic heterocycles. The van der Waals surface area contributed by atoms with Crippen LogP contribution < -0.4 is 0 Å². The van der Waals surface area contributed by atoms with Gasteiger partial charge in [0.2, 0.25) is 5.17 Å². The van der Waals surface area contributed by atoms with Gasteiger partial charge in [-0.05, 0) is 61.9 Å². The molecule has 1 N–H and O–H groups in total. The van der Waals surface area contributed by atoms with Gasteiger partial charge in [-0.25, -0.2) is 0 Å². The van der Waals surface area contributed by atoms with E-state index in [-0.39, 0.29) is 11.4 Å². The summed E-state index contributed by atoms with van der Waals surface area (Å²) in [6, 6.07) is 9.60. The quantitative estimate of drug-likeness (QED) is 0.739. The first-order valence-corrected chi connectivity index (χ1v) is 10.0. The largest absolute Gasteiger partial charge is 0.316 e. The second kappa shape index (κ2) is 7.07. The van der Waals surface area contributed by atoms with Crippen LogP contribution in [0.1, 0.15) is 30.3 Å². The van der Waals surface area contributed by atoms with Crippen LogP contribution in [0.2, 0.25) is 5.02 Å². The predicted octanol–water partition coefficient (Wildman–Crippen LogP) is 4.78. The number of para-hydroxylation sites is 1. The Bertz CT molecular complexity index is 1110. The Morgan fingerprint density at radius 3 is 2.75 bits per heavy atom. The van der Waals surface area contributed by atoms with Gasteiger partial charge in [0.05, 0.1) is 16.3 Å². The molecule has 0 aliphatic carbocycles. The third-order valence-corrected chi connectivity index (χ3v) is 6.03. The summed E-state index contributed by atoms with van der Waals surface area (Å²) in [5.74, 6) is -0.368. The number of fused-ring (bicyclic) bond motifs is 1. The number of hydrazone groups is 1. The van der Waals surface area contributed by atoms with Gasteiger partial charge in [0.25, 0.3) is 5.91 Å². The van der Waals surface area contributed by atoms with E-state index in [9.17, 15) is 4.79 Å². The fraction of sp³-hybridized carbons (Fsp3) is 0.200. The van der Waals surface area contributed by atoms with Gasteiger partial charge < -0.3 is 4.57 Å². The number of carbonyl (C=O) groups excluding carboxylic acids is 1. The highest BCUT2D eigenvalue weighted by Gasteiger charge is 2.35. The van der Waals surface area contributed by atoms with E-state index in [2.05, 4.69) is 10.1 Å². The van der Waals surface area contributed by atoms with Crippen LogP contribution >= 0.6 is 23.4 Å². The van der Waals surface area contributed by atoms with Crippen LogP contribution in [0.3, 0.4) is 0 Å². The minimum absolute atomic E-state index is 0.0495. The first-order valence-electron chi connectivity index (χ1n) is 8.83. The number of nitrogens with zero attached hydrogens (tertiary/aromatic N) is 4. The number of carbonyl (C=O) groups is 1. The molecule has 6 nitrogen and oxygen atoms in total. The SMILES string of the molecule is CCC1=NN2C(=N)/C(=C/c3cc(C)n(-c4ccccc4Cl)c3C)C(=O)N=C2S1. The number of aryl methyl sites for hydroxylation is 1. The van der Waals surface area contributed by atoms with Crippen molar-refractivity contribution in [1.82, 2.24) is 9.58 Å². The molecule has 0 bridgehead atoms. The predicted molar refractivity (Wildman–Crippen MR) is 116 cm³/mol. The van der Waals surface area contributed by atoms with Crippen LogP contribution in [0.4, 0.5) is 0 Å². The van der Waals surface area contributed by atoms with Crippen LogP contribution in [0.25, 0.3) is 11.8 Å². The van der Waals surface area contributed by atoms with Gasteiger partial charge in [-0.1, -0.05) is 30.7 Å². The molecule has 8 heteroatoms. The Balaban J connectivity index is 1.78. The van der Waals surface area contributed by atoms with Gasteiger partial charge in [-0.2, -0.15) is 15.1 Å². The van der Waals surface area contributed by atoms with E-state index in [1.54, 1.807) is 6.08 Å². The molecule has 2 aliphatic rings. The molecule has 0 fully saturated rings. The molecular formula is C20H18ClN5OS. The fourth-order valence-electron chi connectivity index (χ4n) is 3.27. The van der Waals surface area contributed by atoms with Gasteiger partial charge in [0.15, 0.2) is 5.84 Å². The lowest BCUT2D eigenvalue weighted by Gasteiger charge is -2.20. The standard InChI is InChI=1S/C20H18ClN5OS/c1-4-17-24-26-18(22)14(19(27)23-20(26)28-17)10-13-9-11(2)25(12(13)3)16-8-6-5-7-15(16)21/h5-10,22H,4H2,1-3H3/b14-10-,22-18?. The van der Waals surface area contributed by atoms with Gasteiger partial charge in [-0.15, -0.1) is 0 Å². The number of aliphatic imine (C=N–C) groups is 1. The maximum atomic E-state index is 12.6. The number of benzene rings is 1. The Morgan fingerprint density at radius 2 is 2.04 bits per heavy atom. The first kappa shape index (κ1) is 18.7. The van der Waals surface area contributed by atoms with E-state index in [1.807, 2.05) is 55.7 Å². The van der Waals surface area contributed by atoms with E-state index in [1.165, 1.54) is 16.8 Å². The highest BCUT2D eigenvalue weighted by molar-refractivity contribution is 8.26. The molecule has 1 amide bonds. The van der Waals surface area contributed by atoms with Crippen molar-refractivity contribution >= 4 is 51.4 Å². The maximum absolute atomic E-state index is 12.6. The van der Waals surface area contributed by atoms with Crippen molar-refractivity contribution in [2.75, 3.05) is 0 Å². The van der Waals surface area contributed by atoms with Gasteiger partial charge in [-0.3, -0.25) is 10.2 Å². The lowest BCUT2D eigenvalue weighted by molar-refractivity contribution is -0.114. The van der Waals surface area contributed by atoms with E-state index < -0.39 is 5.91 Å². The lowest BCUT2D eigenvalue weighted by Crippen LogP contribution is -2.35. The van der Waals surface area contributed by atoms with Crippen LogP contribution in [-0.2, 0) is 4.79 Å². The van der Waals surface area contributed by atoms with E-state index in [0.29, 0.717) is 10.2 Å². The van der Waals surface area contributed by atoms with Gasteiger partial charge in [0, 0.05) is 11.4 Å². The molecule has 0 spiro atoms. The Hall–Kier alpha value is -2.64. The average Bonchev–Trinajstić information content (AvgIpc) is 3.20. The molecule has 0 saturated heterocycles. The molecule has 2 aromatic rings. The molecule has 0 radical (unpaired) electrons. The Morgan fingerprint density at radius 1 is 1.29 bits per heavy atom. The topological polar surface area (TPSA) is 73.8 Å². The number of amidine groups is 2. The summed E-state index contributed by atoms with van der Waals surface area (Å²) in [5, 5.41) is 16.2. The number of hydrogen-bond acceptors (Lipinski definition) is 4. The highest BCUT2D eigenvalue weighted by atomic mass is 35.5. The van der Waals surface area contributed by atoms with Gasteiger partial charge >= 0.3 is 0 Å². The molecule has 4 rings (SSSR count). The smallest absolute Gasteiger partial charge is 0.283 e.